The predicted molar refractivity (Wildman–Crippen MR) is 89.3 cm³/mol. The molecule has 1 aliphatic carbocycles. The van der Waals surface area contributed by atoms with Crippen LogP contribution in [0, 0.1) is 0 Å². The van der Waals surface area contributed by atoms with Crippen molar-refractivity contribution in [2.75, 3.05) is 0 Å². The zero-order valence-corrected chi connectivity index (χ0v) is 13.8. The molecule has 1 aliphatic rings. The zero-order valence-electron chi connectivity index (χ0n) is 13.8. The molecular weight excluding hydrogens is 304 g/mol. The van der Waals surface area contributed by atoms with Gasteiger partial charge < -0.3 is 9.47 Å². The summed E-state index contributed by atoms with van der Waals surface area (Å²) in [5.41, 5.74) is 4.01. The van der Waals surface area contributed by atoms with Crippen LogP contribution in [0.5, 0.6) is 0 Å². The Labute approximate surface area is 141 Å². The molecule has 0 amide bonds. The third-order valence-corrected chi connectivity index (χ3v) is 4.23. The minimum absolute atomic E-state index is 0.301. The van der Waals surface area contributed by atoms with Crippen LogP contribution in [0.1, 0.15) is 48.3 Å². The molecule has 0 spiro atoms. The minimum atomic E-state index is -0.335. The second kappa shape index (κ2) is 6.87. The van der Waals surface area contributed by atoms with Crippen molar-refractivity contribution in [2.45, 2.75) is 38.9 Å². The molecule has 0 aliphatic heterocycles. The molecule has 2 aromatic rings. The van der Waals surface area contributed by atoms with E-state index in [0.717, 1.165) is 22.3 Å². The summed E-state index contributed by atoms with van der Waals surface area (Å²) >= 11 is 0. The van der Waals surface area contributed by atoms with Gasteiger partial charge in [0, 0.05) is 26.7 Å². The van der Waals surface area contributed by atoms with Gasteiger partial charge in [-0.25, -0.2) is 0 Å². The summed E-state index contributed by atoms with van der Waals surface area (Å²) in [6, 6.07) is 15.7. The average molecular weight is 324 g/mol. The molecule has 0 radical (unpaired) electrons. The van der Waals surface area contributed by atoms with Crippen LogP contribution in [0.3, 0.4) is 0 Å². The van der Waals surface area contributed by atoms with E-state index in [4.69, 9.17) is 9.47 Å². The summed E-state index contributed by atoms with van der Waals surface area (Å²) in [6.45, 7) is 2.85. The van der Waals surface area contributed by atoms with Crippen molar-refractivity contribution < 1.29 is 19.1 Å². The zero-order chi connectivity index (χ0) is 17.1. The fraction of sp³-hybridized carbons (Fsp3) is 0.300. The van der Waals surface area contributed by atoms with Crippen LogP contribution in [0.25, 0.3) is 0 Å². The quantitative estimate of drug-likeness (QED) is 0.791. The summed E-state index contributed by atoms with van der Waals surface area (Å²) in [4.78, 5) is 23.1. The summed E-state index contributed by atoms with van der Waals surface area (Å²) in [7, 11) is 0. The van der Waals surface area contributed by atoms with Crippen LogP contribution in [-0.2, 0) is 31.9 Å². The number of rotatable bonds is 2. The highest BCUT2D eigenvalue weighted by atomic mass is 16.5. The molecule has 124 valence electrons. The second-order valence-electron chi connectivity index (χ2n) is 6.00. The lowest BCUT2D eigenvalue weighted by atomic mass is 9.85. The van der Waals surface area contributed by atoms with Gasteiger partial charge in [-0.2, -0.15) is 0 Å². The fourth-order valence-corrected chi connectivity index (χ4v) is 3.30. The Bertz CT molecular complexity index is 700. The molecule has 0 N–H and O–H groups in total. The number of carbonyl (C=O) groups excluding carboxylic acids is 2. The topological polar surface area (TPSA) is 52.6 Å². The van der Waals surface area contributed by atoms with Gasteiger partial charge in [0.2, 0.25) is 0 Å². The van der Waals surface area contributed by atoms with Gasteiger partial charge in [0.15, 0.2) is 0 Å². The maximum absolute atomic E-state index is 11.6. The van der Waals surface area contributed by atoms with Crippen LogP contribution in [0.2, 0.25) is 0 Å². The Morgan fingerprint density at radius 2 is 1.12 bits per heavy atom. The normalized spacial score (nSPS) is 19.2. The van der Waals surface area contributed by atoms with E-state index < -0.39 is 0 Å². The van der Waals surface area contributed by atoms with E-state index in [1.165, 1.54) is 13.8 Å². The summed E-state index contributed by atoms with van der Waals surface area (Å²) < 4.78 is 11.2. The number of fused-ring (bicyclic) bond motifs is 2. The van der Waals surface area contributed by atoms with Gasteiger partial charge in [-0.3, -0.25) is 9.59 Å². The first-order chi connectivity index (χ1) is 11.5. The first kappa shape index (κ1) is 16.2. The van der Waals surface area contributed by atoms with E-state index in [9.17, 15) is 9.59 Å². The lowest BCUT2D eigenvalue weighted by molar-refractivity contribution is -0.146. The smallest absolute Gasteiger partial charge is 0.303 e. The number of hydrogen-bond donors (Lipinski definition) is 0. The molecule has 4 nitrogen and oxygen atoms in total. The summed E-state index contributed by atoms with van der Waals surface area (Å²) in [5.74, 6) is -0.603. The van der Waals surface area contributed by atoms with Crippen LogP contribution < -0.4 is 0 Å². The highest BCUT2D eigenvalue weighted by Crippen LogP contribution is 2.36. The van der Waals surface area contributed by atoms with E-state index in [1.807, 2.05) is 48.5 Å². The first-order valence-electron chi connectivity index (χ1n) is 8.04. The molecule has 2 atom stereocenters. The van der Waals surface area contributed by atoms with Crippen LogP contribution in [-0.4, -0.2) is 11.9 Å². The lowest BCUT2D eigenvalue weighted by Crippen LogP contribution is -2.21. The summed E-state index contributed by atoms with van der Waals surface area (Å²) in [6.07, 6.45) is 0.450. The number of ether oxygens (including phenoxy) is 2. The Kier molecular flexibility index (Phi) is 4.65. The van der Waals surface area contributed by atoms with E-state index in [1.54, 1.807) is 0 Å². The molecule has 24 heavy (non-hydrogen) atoms. The Balaban J connectivity index is 2.08. The van der Waals surface area contributed by atoms with Crippen molar-refractivity contribution in [3.8, 4) is 0 Å². The second-order valence-corrected chi connectivity index (χ2v) is 6.00. The van der Waals surface area contributed by atoms with E-state index >= 15 is 0 Å². The number of hydrogen-bond acceptors (Lipinski definition) is 4. The Hall–Kier alpha value is -2.62. The first-order valence-corrected chi connectivity index (χ1v) is 8.04. The molecule has 0 unspecified atom stereocenters. The Morgan fingerprint density at radius 1 is 0.750 bits per heavy atom. The van der Waals surface area contributed by atoms with Gasteiger partial charge in [-0.15, -0.1) is 0 Å². The van der Waals surface area contributed by atoms with Gasteiger partial charge in [0.1, 0.15) is 12.2 Å². The maximum atomic E-state index is 11.6. The van der Waals surface area contributed by atoms with Crippen molar-refractivity contribution >= 4 is 11.9 Å². The largest absolute Gasteiger partial charge is 0.457 e. The monoisotopic (exact) mass is 324 g/mol. The van der Waals surface area contributed by atoms with Gasteiger partial charge in [0.25, 0.3) is 0 Å². The van der Waals surface area contributed by atoms with Crippen molar-refractivity contribution in [3.63, 3.8) is 0 Å². The maximum Gasteiger partial charge on any atom is 0.303 e. The average Bonchev–Trinajstić information content (AvgIpc) is 2.52. The predicted octanol–water partition coefficient (Wildman–Crippen LogP) is 3.69. The molecule has 0 heterocycles. The molecule has 4 heteroatoms. The van der Waals surface area contributed by atoms with E-state index in [0.29, 0.717) is 12.8 Å². The van der Waals surface area contributed by atoms with Gasteiger partial charge in [-0.1, -0.05) is 48.5 Å². The van der Waals surface area contributed by atoms with Crippen molar-refractivity contribution in [1.82, 2.24) is 0 Å². The summed E-state index contributed by atoms with van der Waals surface area (Å²) in [5, 5.41) is 0. The number of esters is 2. The molecule has 0 fully saturated rings. The standard InChI is InChI=1S/C20H20O4/c1-13(21)23-19-11-15-7-4-6-10-18(15)20(24-14(2)22)12-16-8-3-5-9-17(16)19/h3-10,19-20H,11-12H2,1-2H3/t19-,20-/m0/s1. The van der Waals surface area contributed by atoms with Crippen molar-refractivity contribution in [3.05, 3.63) is 70.8 Å². The van der Waals surface area contributed by atoms with Crippen LogP contribution in [0.15, 0.2) is 48.5 Å². The number of benzene rings is 2. The molecule has 0 aromatic heterocycles. The number of carbonyl (C=O) groups is 2. The molecule has 0 bridgehead atoms. The van der Waals surface area contributed by atoms with Crippen molar-refractivity contribution in [2.24, 2.45) is 0 Å². The molecule has 0 saturated carbocycles. The van der Waals surface area contributed by atoms with Crippen LogP contribution >= 0.6 is 0 Å². The molecule has 2 aromatic carbocycles. The minimum Gasteiger partial charge on any atom is -0.457 e. The fourth-order valence-electron chi connectivity index (χ4n) is 3.30. The Morgan fingerprint density at radius 3 is 1.50 bits per heavy atom. The van der Waals surface area contributed by atoms with E-state index in [-0.39, 0.29) is 24.1 Å². The highest BCUT2D eigenvalue weighted by molar-refractivity contribution is 5.67. The molecular formula is C20H20O4. The third-order valence-electron chi connectivity index (χ3n) is 4.23. The lowest BCUT2D eigenvalue weighted by Gasteiger charge is -2.28. The highest BCUT2D eigenvalue weighted by Gasteiger charge is 2.28. The van der Waals surface area contributed by atoms with Gasteiger partial charge in [-0.05, 0) is 22.3 Å². The van der Waals surface area contributed by atoms with Gasteiger partial charge in [0.05, 0.1) is 0 Å². The molecule has 3 rings (SSSR count). The van der Waals surface area contributed by atoms with Crippen molar-refractivity contribution in [1.29, 1.82) is 0 Å². The molecule has 0 saturated heterocycles. The SMILES string of the molecule is CC(=O)O[C@H]1Cc2ccccc2[C@@H](OC(C)=O)Cc2ccccc21. The van der Waals surface area contributed by atoms with Crippen LogP contribution in [0.4, 0.5) is 0 Å². The van der Waals surface area contributed by atoms with Gasteiger partial charge >= 0.3 is 11.9 Å². The van der Waals surface area contributed by atoms with E-state index in [2.05, 4.69) is 0 Å². The third kappa shape index (κ3) is 3.48.